The second-order valence-corrected chi connectivity index (χ2v) is 6.38. The minimum absolute atomic E-state index is 0.127. The van der Waals surface area contributed by atoms with Crippen molar-refractivity contribution < 1.29 is 14.7 Å². The lowest BCUT2D eigenvalue weighted by molar-refractivity contribution is -0.147. The Kier molecular flexibility index (Phi) is 3.39. The first-order valence-corrected chi connectivity index (χ1v) is 6.89. The summed E-state index contributed by atoms with van der Waals surface area (Å²) in [6.07, 6.45) is 2.68. The SMILES string of the molecule is CCC1(C)CC1C(=O)N1CC(C)CC(C(=O)O)C1. The van der Waals surface area contributed by atoms with Crippen LogP contribution in [0.3, 0.4) is 0 Å². The summed E-state index contributed by atoms with van der Waals surface area (Å²) in [6.45, 7) is 7.42. The van der Waals surface area contributed by atoms with E-state index in [4.69, 9.17) is 5.11 Å². The highest BCUT2D eigenvalue weighted by Gasteiger charge is 2.54. The van der Waals surface area contributed by atoms with Gasteiger partial charge in [0.15, 0.2) is 0 Å². The summed E-state index contributed by atoms with van der Waals surface area (Å²) in [6, 6.07) is 0. The maximum absolute atomic E-state index is 12.4. The molecule has 0 spiro atoms. The summed E-state index contributed by atoms with van der Waals surface area (Å²) < 4.78 is 0. The van der Waals surface area contributed by atoms with E-state index in [1.165, 1.54) is 0 Å². The van der Waals surface area contributed by atoms with Gasteiger partial charge in [-0.15, -0.1) is 0 Å². The Hall–Kier alpha value is -1.06. The summed E-state index contributed by atoms with van der Waals surface area (Å²) in [5, 5.41) is 9.12. The van der Waals surface area contributed by atoms with Crippen molar-refractivity contribution in [1.29, 1.82) is 0 Å². The van der Waals surface area contributed by atoms with Gasteiger partial charge in [0.1, 0.15) is 0 Å². The minimum atomic E-state index is -0.770. The molecule has 4 heteroatoms. The molecule has 4 unspecified atom stereocenters. The number of likely N-dealkylation sites (tertiary alicyclic amines) is 1. The quantitative estimate of drug-likeness (QED) is 0.837. The number of hydrogen-bond acceptors (Lipinski definition) is 2. The van der Waals surface area contributed by atoms with Crippen molar-refractivity contribution >= 4 is 11.9 Å². The number of nitrogens with zero attached hydrogens (tertiary/aromatic N) is 1. The molecule has 1 saturated carbocycles. The van der Waals surface area contributed by atoms with Crippen LogP contribution in [0.2, 0.25) is 0 Å². The average Bonchev–Trinajstić information content (AvgIpc) is 3.00. The Morgan fingerprint density at radius 1 is 1.39 bits per heavy atom. The summed E-state index contributed by atoms with van der Waals surface area (Å²) in [7, 11) is 0. The van der Waals surface area contributed by atoms with Crippen molar-refractivity contribution in [2.24, 2.45) is 23.2 Å². The molecule has 2 rings (SSSR count). The van der Waals surface area contributed by atoms with Gasteiger partial charge in [0, 0.05) is 19.0 Å². The van der Waals surface area contributed by atoms with Crippen molar-refractivity contribution in [3.05, 3.63) is 0 Å². The molecule has 0 bridgehead atoms. The first-order chi connectivity index (χ1) is 8.37. The van der Waals surface area contributed by atoms with Crippen LogP contribution in [0, 0.1) is 23.2 Å². The van der Waals surface area contributed by atoms with Crippen molar-refractivity contribution in [1.82, 2.24) is 4.90 Å². The molecule has 0 aromatic rings. The van der Waals surface area contributed by atoms with E-state index in [1.54, 1.807) is 4.90 Å². The highest BCUT2D eigenvalue weighted by molar-refractivity contribution is 5.83. The van der Waals surface area contributed by atoms with Crippen LogP contribution in [-0.4, -0.2) is 35.0 Å². The Bertz CT molecular complexity index is 368. The molecule has 2 aliphatic rings. The molecule has 102 valence electrons. The van der Waals surface area contributed by atoms with Crippen LogP contribution in [0.15, 0.2) is 0 Å². The first kappa shape index (κ1) is 13.4. The van der Waals surface area contributed by atoms with Gasteiger partial charge in [0.25, 0.3) is 0 Å². The summed E-state index contributed by atoms with van der Waals surface area (Å²) in [5.74, 6) is -0.562. The average molecular weight is 253 g/mol. The standard InChI is InChI=1S/C14H23NO3/c1-4-14(3)6-11(14)12(16)15-7-9(2)5-10(8-15)13(17)18/h9-11H,4-8H2,1-3H3,(H,17,18). The highest BCUT2D eigenvalue weighted by atomic mass is 16.4. The number of carbonyl (C=O) groups is 2. The number of hydrogen-bond donors (Lipinski definition) is 1. The molecule has 1 N–H and O–H groups in total. The molecule has 1 heterocycles. The van der Waals surface area contributed by atoms with E-state index in [0.717, 1.165) is 19.4 Å². The Balaban J connectivity index is 2.00. The number of rotatable bonds is 3. The van der Waals surface area contributed by atoms with Crippen LogP contribution < -0.4 is 0 Å². The molecule has 2 fully saturated rings. The van der Waals surface area contributed by atoms with Gasteiger partial charge in [-0.3, -0.25) is 9.59 Å². The third-order valence-corrected chi connectivity index (χ3v) is 4.78. The number of carboxylic acid groups (broad SMARTS) is 1. The highest BCUT2D eigenvalue weighted by Crippen LogP contribution is 2.55. The van der Waals surface area contributed by atoms with Crippen molar-refractivity contribution in [3.63, 3.8) is 0 Å². The van der Waals surface area contributed by atoms with E-state index in [2.05, 4.69) is 13.8 Å². The fourth-order valence-corrected chi connectivity index (χ4v) is 3.11. The number of amides is 1. The number of aliphatic carboxylic acids is 1. The van der Waals surface area contributed by atoms with Crippen molar-refractivity contribution in [2.45, 2.75) is 40.0 Å². The summed E-state index contributed by atoms with van der Waals surface area (Å²) >= 11 is 0. The lowest BCUT2D eigenvalue weighted by Gasteiger charge is -2.35. The summed E-state index contributed by atoms with van der Waals surface area (Å²) in [4.78, 5) is 25.3. The Morgan fingerprint density at radius 2 is 2.06 bits per heavy atom. The predicted octanol–water partition coefficient (Wildman–Crippen LogP) is 1.99. The van der Waals surface area contributed by atoms with Crippen LogP contribution >= 0.6 is 0 Å². The van der Waals surface area contributed by atoms with Crippen LogP contribution in [0.5, 0.6) is 0 Å². The van der Waals surface area contributed by atoms with Gasteiger partial charge in [0.05, 0.1) is 5.92 Å². The molecular formula is C14H23NO3. The van der Waals surface area contributed by atoms with Gasteiger partial charge in [-0.1, -0.05) is 20.8 Å². The zero-order valence-electron chi connectivity index (χ0n) is 11.5. The van der Waals surface area contributed by atoms with Crippen molar-refractivity contribution in [2.75, 3.05) is 13.1 Å². The Morgan fingerprint density at radius 3 is 2.56 bits per heavy atom. The number of carboxylic acids is 1. The predicted molar refractivity (Wildman–Crippen MR) is 68.0 cm³/mol. The van der Waals surface area contributed by atoms with Crippen LogP contribution in [0.4, 0.5) is 0 Å². The van der Waals surface area contributed by atoms with Gasteiger partial charge >= 0.3 is 5.97 Å². The molecule has 0 aromatic carbocycles. The topological polar surface area (TPSA) is 57.6 Å². The lowest BCUT2D eigenvalue weighted by atomic mass is 9.90. The molecule has 18 heavy (non-hydrogen) atoms. The zero-order chi connectivity index (χ0) is 13.5. The van der Waals surface area contributed by atoms with Crippen LogP contribution in [-0.2, 0) is 9.59 Å². The molecule has 1 saturated heterocycles. The maximum atomic E-state index is 12.4. The van der Waals surface area contributed by atoms with Crippen molar-refractivity contribution in [3.8, 4) is 0 Å². The van der Waals surface area contributed by atoms with Gasteiger partial charge in [-0.05, 0) is 30.6 Å². The third-order valence-electron chi connectivity index (χ3n) is 4.78. The number of carbonyl (C=O) groups excluding carboxylic acids is 1. The van der Waals surface area contributed by atoms with Gasteiger partial charge in [0.2, 0.25) is 5.91 Å². The van der Waals surface area contributed by atoms with Crippen LogP contribution in [0.1, 0.15) is 40.0 Å². The van der Waals surface area contributed by atoms with E-state index in [0.29, 0.717) is 13.0 Å². The van der Waals surface area contributed by atoms with Gasteiger partial charge in [-0.25, -0.2) is 0 Å². The van der Waals surface area contributed by atoms with Gasteiger partial charge in [-0.2, -0.15) is 0 Å². The molecular weight excluding hydrogens is 230 g/mol. The first-order valence-electron chi connectivity index (χ1n) is 6.89. The maximum Gasteiger partial charge on any atom is 0.308 e. The molecule has 4 atom stereocenters. The molecule has 0 aromatic heterocycles. The molecule has 1 aliphatic heterocycles. The zero-order valence-corrected chi connectivity index (χ0v) is 11.5. The third kappa shape index (κ3) is 2.38. The fraction of sp³-hybridized carbons (Fsp3) is 0.857. The molecule has 1 amide bonds. The van der Waals surface area contributed by atoms with E-state index in [-0.39, 0.29) is 29.1 Å². The second kappa shape index (κ2) is 4.56. The van der Waals surface area contributed by atoms with Gasteiger partial charge < -0.3 is 10.0 Å². The fourth-order valence-electron chi connectivity index (χ4n) is 3.11. The minimum Gasteiger partial charge on any atom is -0.481 e. The molecule has 1 aliphatic carbocycles. The largest absolute Gasteiger partial charge is 0.481 e. The van der Waals surface area contributed by atoms with E-state index in [1.807, 2.05) is 6.92 Å². The van der Waals surface area contributed by atoms with E-state index < -0.39 is 5.97 Å². The van der Waals surface area contributed by atoms with E-state index >= 15 is 0 Å². The normalized spacial score (nSPS) is 39.5. The smallest absolute Gasteiger partial charge is 0.308 e. The molecule has 0 radical (unpaired) electrons. The van der Waals surface area contributed by atoms with E-state index in [9.17, 15) is 9.59 Å². The van der Waals surface area contributed by atoms with Crippen LogP contribution in [0.25, 0.3) is 0 Å². The second-order valence-electron chi connectivity index (χ2n) is 6.38. The Labute approximate surface area is 108 Å². The monoisotopic (exact) mass is 253 g/mol. The molecule has 4 nitrogen and oxygen atoms in total. The summed E-state index contributed by atoms with van der Waals surface area (Å²) in [5.41, 5.74) is 0.163. The lowest BCUT2D eigenvalue weighted by Crippen LogP contribution is -2.46. The number of piperidine rings is 1.